The minimum Gasteiger partial charge on any atom is -0.438 e. The Balaban J connectivity index is 2.43. The molecule has 1 aromatic heterocycles. The molecule has 0 spiro atoms. The summed E-state index contributed by atoms with van der Waals surface area (Å²) in [6.07, 6.45) is 1.91. The highest BCUT2D eigenvalue weighted by Gasteiger charge is 2.17. The van der Waals surface area contributed by atoms with Crippen LogP contribution >= 0.6 is 0 Å². The maximum absolute atomic E-state index is 10.9. The van der Waals surface area contributed by atoms with Gasteiger partial charge < -0.3 is 10.5 Å². The number of rotatable bonds is 4. The number of nitro groups is 1. The van der Waals surface area contributed by atoms with Crippen molar-refractivity contribution in [3.63, 3.8) is 0 Å². The van der Waals surface area contributed by atoms with Gasteiger partial charge in [-0.15, -0.1) is 0 Å². The Morgan fingerprint density at radius 3 is 2.80 bits per heavy atom. The molecule has 0 saturated heterocycles. The highest BCUT2D eigenvalue weighted by atomic mass is 16.6. The van der Waals surface area contributed by atoms with Crippen LogP contribution in [0.1, 0.15) is 18.1 Å². The number of hydrogen-bond acceptors (Lipinski definition) is 6. The van der Waals surface area contributed by atoms with Crippen molar-refractivity contribution < 1.29 is 9.66 Å². The number of anilines is 1. The van der Waals surface area contributed by atoms with Crippen molar-refractivity contribution in [3.8, 4) is 11.6 Å². The van der Waals surface area contributed by atoms with Crippen LogP contribution in [0.5, 0.6) is 11.6 Å². The Morgan fingerprint density at radius 2 is 2.15 bits per heavy atom. The van der Waals surface area contributed by atoms with Crippen LogP contribution in [-0.2, 0) is 6.42 Å². The molecule has 0 bridgehead atoms. The van der Waals surface area contributed by atoms with Gasteiger partial charge in [-0.1, -0.05) is 13.0 Å². The van der Waals surface area contributed by atoms with E-state index in [0.717, 1.165) is 0 Å². The predicted molar refractivity (Wildman–Crippen MR) is 73.7 cm³/mol. The van der Waals surface area contributed by atoms with Crippen LogP contribution in [0.3, 0.4) is 0 Å². The van der Waals surface area contributed by atoms with Crippen LogP contribution in [0.15, 0.2) is 24.5 Å². The van der Waals surface area contributed by atoms with Crippen LogP contribution in [-0.4, -0.2) is 14.9 Å². The molecule has 0 radical (unpaired) electrons. The molecule has 2 aromatic rings. The third kappa shape index (κ3) is 2.51. The largest absolute Gasteiger partial charge is 0.438 e. The van der Waals surface area contributed by atoms with E-state index >= 15 is 0 Å². The average Bonchev–Trinajstić information content (AvgIpc) is 2.41. The van der Waals surface area contributed by atoms with Gasteiger partial charge in [-0.05, 0) is 19.4 Å². The lowest BCUT2D eigenvalue weighted by Gasteiger charge is -2.11. The number of nitrogen functional groups attached to an aromatic ring is 1. The number of hydrogen-bond donors (Lipinski definition) is 1. The lowest BCUT2D eigenvalue weighted by Crippen LogP contribution is -2.02. The first-order valence-electron chi connectivity index (χ1n) is 6.05. The van der Waals surface area contributed by atoms with E-state index in [2.05, 4.69) is 9.97 Å². The Hall–Kier alpha value is -2.70. The van der Waals surface area contributed by atoms with Crippen LogP contribution < -0.4 is 10.5 Å². The fraction of sp³-hybridized carbons (Fsp3) is 0.231. The number of ether oxygens (including phenoxy) is 1. The van der Waals surface area contributed by atoms with E-state index in [0.29, 0.717) is 35.0 Å². The van der Waals surface area contributed by atoms with Gasteiger partial charge in [-0.3, -0.25) is 10.1 Å². The summed E-state index contributed by atoms with van der Waals surface area (Å²) >= 11 is 0. The summed E-state index contributed by atoms with van der Waals surface area (Å²) in [6, 6.07) is 4.65. The summed E-state index contributed by atoms with van der Waals surface area (Å²) in [7, 11) is 0. The number of aromatic nitrogens is 2. The Labute approximate surface area is 115 Å². The summed E-state index contributed by atoms with van der Waals surface area (Å²) < 4.78 is 5.67. The van der Waals surface area contributed by atoms with Gasteiger partial charge in [-0.25, -0.2) is 9.97 Å². The summed E-state index contributed by atoms with van der Waals surface area (Å²) in [5.41, 5.74) is 6.89. The second kappa shape index (κ2) is 5.52. The number of benzene rings is 1. The first-order valence-corrected chi connectivity index (χ1v) is 6.05. The number of nitrogens with zero attached hydrogens (tertiary/aromatic N) is 3. The van der Waals surface area contributed by atoms with Crippen LogP contribution in [0.4, 0.5) is 11.5 Å². The van der Waals surface area contributed by atoms with Crippen molar-refractivity contribution >= 4 is 11.5 Å². The zero-order valence-corrected chi connectivity index (χ0v) is 11.2. The predicted octanol–water partition coefficient (Wildman–Crippen LogP) is 2.63. The molecule has 0 saturated carbocycles. The number of nitrogens with two attached hydrogens (primary N) is 1. The van der Waals surface area contributed by atoms with Gasteiger partial charge >= 0.3 is 0 Å². The SMILES string of the molecule is CCc1c(N)ncnc1Oc1cccc([N+](=O)[O-])c1C. The van der Waals surface area contributed by atoms with Crippen LogP contribution in [0.2, 0.25) is 0 Å². The molecule has 0 aliphatic carbocycles. The molecule has 2 rings (SSSR count). The third-order valence-electron chi connectivity index (χ3n) is 2.95. The van der Waals surface area contributed by atoms with E-state index < -0.39 is 4.92 Å². The monoisotopic (exact) mass is 274 g/mol. The molecule has 0 fully saturated rings. The van der Waals surface area contributed by atoms with Crippen molar-refractivity contribution in [2.45, 2.75) is 20.3 Å². The minimum atomic E-state index is -0.447. The molecule has 104 valence electrons. The second-order valence-corrected chi connectivity index (χ2v) is 4.16. The maximum Gasteiger partial charge on any atom is 0.276 e. The molecule has 0 aliphatic rings. The first kappa shape index (κ1) is 13.7. The molecule has 20 heavy (non-hydrogen) atoms. The second-order valence-electron chi connectivity index (χ2n) is 4.16. The van der Waals surface area contributed by atoms with E-state index in [4.69, 9.17) is 10.5 Å². The van der Waals surface area contributed by atoms with Gasteiger partial charge in [-0.2, -0.15) is 0 Å². The summed E-state index contributed by atoms with van der Waals surface area (Å²) in [5.74, 6) is 1.05. The molecule has 2 N–H and O–H groups in total. The molecule has 0 amide bonds. The first-order chi connectivity index (χ1) is 9.54. The highest BCUT2D eigenvalue weighted by Crippen LogP contribution is 2.32. The zero-order valence-electron chi connectivity index (χ0n) is 11.2. The average molecular weight is 274 g/mol. The van der Waals surface area contributed by atoms with Crippen molar-refractivity contribution in [2.24, 2.45) is 0 Å². The molecule has 7 heteroatoms. The van der Waals surface area contributed by atoms with E-state index in [1.165, 1.54) is 12.4 Å². The lowest BCUT2D eigenvalue weighted by atomic mass is 10.2. The number of nitro benzene ring substituents is 1. The quantitative estimate of drug-likeness (QED) is 0.678. The fourth-order valence-electron chi connectivity index (χ4n) is 1.84. The van der Waals surface area contributed by atoms with Gasteiger partial charge in [0.05, 0.1) is 16.1 Å². The van der Waals surface area contributed by atoms with Gasteiger partial charge in [0, 0.05) is 6.07 Å². The van der Waals surface area contributed by atoms with Gasteiger partial charge in [0.25, 0.3) is 5.69 Å². The van der Waals surface area contributed by atoms with E-state index in [1.807, 2.05) is 6.92 Å². The molecule has 1 aromatic carbocycles. The van der Waals surface area contributed by atoms with E-state index in [9.17, 15) is 10.1 Å². The van der Waals surface area contributed by atoms with Crippen molar-refractivity contribution in [3.05, 3.63) is 45.8 Å². The molecule has 7 nitrogen and oxygen atoms in total. The fourth-order valence-corrected chi connectivity index (χ4v) is 1.84. The molecular formula is C13H14N4O3. The summed E-state index contributed by atoms with van der Waals surface area (Å²) in [4.78, 5) is 18.4. The molecular weight excluding hydrogens is 260 g/mol. The Morgan fingerprint density at radius 1 is 1.40 bits per heavy atom. The Bertz CT molecular complexity index is 658. The Kier molecular flexibility index (Phi) is 3.79. The molecule has 0 unspecified atom stereocenters. The molecule has 0 atom stereocenters. The van der Waals surface area contributed by atoms with E-state index in [-0.39, 0.29) is 5.69 Å². The van der Waals surface area contributed by atoms with Crippen molar-refractivity contribution in [1.82, 2.24) is 9.97 Å². The van der Waals surface area contributed by atoms with E-state index in [1.54, 1.807) is 19.1 Å². The van der Waals surface area contributed by atoms with Crippen LogP contribution in [0, 0.1) is 17.0 Å². The van der Waals surface area contributed by atoms with Gasteiger partial charge in [0.2, 0.25) is 5.88 Å². The minimum absolute atomic E-state index is 0.00239. The lowest BCUT2D eigenvalue weighted by molar-refractivity contribution is -0.385. The molecule has 1 heterocycles. The summed E-state index contributed by atoms with van der Waals surface area (Å²) in [5, 5.41) is 10.9. The third-order valence-corrected chi connectivity index (χ3v) is 2.95. The smallest absolute Gasteiger partial charge is 0.276 e. The van der Waals surface area contributed by atoms with Gasteiger partial charge in [0.15, 0.2) is 0 Å². The normalized spacial score (nSPS) is 10.3. The van der Waals surface area contributed by atoms with Gasteiger partial charge in [0.1, 0.15) is 17.9 Å². The van der Waals surface area contributed by atoms with Crippen molar-refractivity contribution in [2.75, 3.05) is 5.73 Å². The standard InChI is InChI=1S/C13H14N4O3/c1-3-9-12(14)15-7-16-13(9)20-11-6-4-5-10(8(11)2)17(18)19/h4-7H,3H2,1-2H3,(H2,14,15,16). The maximum atomic E-state index is 10.9. The van der Waals surface area contributed by atoms with Crippen LogP contribution in [0.25, 0.3) is 0 Å². The van der Waals surface area contributed by atoms with Crippen molar-refractivity contribution in [1.29, 1.82) is 0 Å². The molecule has 0 aliphatic heterocycles. The summed E-state index contributed by atoms with van der Waals surface area (Å²) in [6.45, 7) is 3.53. The highest BCUT2D eigenvalue weighted by molar-refractivity contribution is 5.51. The zero-order chi connectivity index (χ0) is 14.7. The topological polar surface area (TPSA) is 104 Å².